The van der Waals surface area contributed by atoms with Crippen LogP contribution in [-0.4, -0.2) is 36.4 Å². The van der Waals surface area contributed by atoms with Crippen LogP contribution >= 0.6 is 11.3 Å². The average molecular weight is 432 g/mol. The van der Waals surface area contributed by atoms with E-state index in [0.29, 0.717) is 23.6 Å². The first-order chi connectivity index (χ1) is 15.3. The molecule has 154 valence electrons. The number of aromatic nitrogens is 6. The number of hydrogen-bond donors (Lipinski definition) is 3. The smallest absolute Gasteiger partial charge is 0.157 e. The van der Waals surface area contributed by atoms with E-state index in [1.807, 2.05) is 12.1 Å². The third-order valence-corrected chi connectivity index (χ3v) is 5.63. The molecule has 4 aromatic heterocycles. The van der Waals surface area contributed by atoms with Crippen molar-refractivity contribution < 1.29 is 4.39 Å². The van der Waals surface area contributed by atoms with Crippen molar-refractivity contribution in [2.45, 2.75) is 19.5 Å². The fraction of sp³-hybridized carbons (Fsp3) is 0.190. The molecule has 5 aromatic rings. The summed E-state index contributed by atoms with van der Waals surface area (Å²) in [6.07, 6.45) is 3.79. The summed E-state index contributed by atoms with van der Waals surface area (Å²) in [6, 6.07) is 12.6. The quantitative estimate of drug-likeness (QED) is 0.324. The second-order valence-corrected chi connectivity index (χ2v) is 7.81. The van der Waals surface area contributed by atoms with E-state index in [1.54, 1.807) is 12.3 Å². The van der Waals surface area contributed by atoms with Gasteiger partial charge in [0.25, 0.3) is 0 Å². The van der Waals surface area contributed by atoms with Gasteiger partial charge >= 0.3 is 0 Å². The zero-order chi connectivity index (χ0) is 21.0. The largest absolute Gasteiger partial charge is 0.362 e. The summed E-state index contributed by atoms with van der Waals surface area (Å²) in [4.78, 5) is 25.8. The van der Waals surface area contributed by atoms with Crippen LogP contribution in [0.5, 0.6) is 0 Å². The molecule has 0 unspecified atom stereocenters. The number of rotatable bonds is 8. The Kier molecular flexibility index (Phi) is 5.35. The lowest BCUT2D eigenvalue weighted by atomic mass is 10.3. The van der Waals surface area contributed by atoms with E-state index in [2.05, 4.69) is 52.7 Å². The van der Waals surface area contributed by atoms with Gasteiger partial charge in [-0.1, -0.05) is 17.4 Å². The zero-order valence-corrected chi connectivity index (χ0v) is 17.1. The van der Waals surface area contributed by atoms with Crippen molar-refractivity contribution in [2.24, 2.45) is 0 Å². The molecule has 0 saturated carbocycles. The van der Waals surface area contributed by atoms with Crippen molar-refractivity contribution in [3.8, 4) is 0 Å². The van der Waals surface area contributed by atoms with Crippen molar-refractivity contribution in [3.63, 3.8) is 0 Å². The lowest BCUT2D eigenvalue weighted by Gasteiger charge is -2.05. The Morgan fingerprint density at radius 3 is 3.00 bits per heavy atom. The van der Waals surface area contributed by atoms with Crippen molar-refractivity contribution in [2.75, 3.05) is 11.9 Å². The number of hydrogen-bond acceptors (Lipinski definition) is 8. The molecule has 1 aromatic carbocycles. The molecule has 8 nitrogen and oxygen atoms in total. The monoisotopic (exact) mass is 432 g/mol. The molecular weight excluding hydrogens is 415 g/mol. The van der Waals surface area contributed by atoms with Gasteiger partial charge in [0.2, 0.25) is 0 Å². The van der Waals surface area contributed by atoms with Crippen molar-refractivity contribution in [3.05, 3.63) is 71.3 Å². The molecule has 31 heavy (non-hydrogen) atoms. The molecule has 0 radical (unpaired) electrons. The van der Waals surface area contributed by atoms with Crippen LogP contribution in [0, 0.1) is 17.9 Å². The van der Waals surface area contributed by atoms with E-state index in [4.69, 9.17) is 0 Å². The van der Waals surface area contributed by atoms with E-state index >= 15 is 0 Å². The van der Waals surface area contributed by atoms with Crippen LogP contribution in [0.25, 0.3) is 21.4 Å². The Balaban J connectivity index is 1.20. The molecular formula is C21H17FN8S. The Labute approximate surface area is 181 Å². The first-order valence-corrected chi connectivity index (χ1v) is 10.5. The summed E-state index contributed by atoms with van der Waals surface area (Å²) in [5.41, 5.74) is 2.75. The highest BCUT2D eigenvalue weighted by molar-refractivity contribution is 7.18. The Bertz CT molecular complexity index is 1300. The summed E-state index contributed by atoms with van der Waals surface area (Å²) in [6.45, 7) is 1.58. The number of H-pyrrole nitrogens is 1. The maximum Gasteiger partial charge on any atom is 0.157 e. The molecule has 3 N–H and O–H groups in total. The Hall–Kier alpha value is -3.68. The minimum absolute atomic E-state index is 0.222. The summed E-state index contributed by atoms with van der Waals surface area (Å²) in [5.74, 6) is 1.07. The number of halogens is 1. The third kappa shape index (κ3) is 4.28. The third-order valence-electron chi connectivity index (χ3n) is 4.61. The van der Waals surface area contributed by atoms with Gasteiger partial charge in [-0.15, -0.1) is 0 Å². The van der Waals surface area contributed by atoms with Crippen LogP contribution in [0.3, 0.4) is 0 Å². The van der Waals surface area contributed by atoms with Gasteiger partial charge in [0.05, 0.1) is 29.3 Å². The van der Waals surface area contributed by atoms with Crippen LogP contribution in [0.15, 0.2) is 36.8 Å². The molecule has 0 aliphatic heterocycles. The van der Waals surface area contributed by atoms with Crippen LogP contribution < -0.4 is 10.6 Å². The fourth-order valence-electron chi connectivity index (χ4n) is 3.12. The van der Waals surface area contributed by atoms with Gasteiger partial charge in [-0.3, -0.25) is 4.98 Å². The summed E-state index contributed by atoms with van der Waals surface area (Å²) in [5, 5.41) is 7.43. The van der Waals surface area contributed by atoms with E-state index < -0.39 is 0 Å². The average Bonchev–Trinajstić information content (AvgIpc) is 3.40. The van der Waals surface area contributed by atoms with Crippen molar-refractivity contribution in [1.82, 2.24) is 35.2 Å². The highest BCUT2D eigenvalue weighted by Gasteiger charge is 2.12. The number of anilines is 1. The predicted molar refractivity (Wildman–Crippen MR) is 116 cm³/mol. The molecule has 0 aliphatic carbocycles. The maximum absolute atomic E-state index is 13.8. The highest BCUT2D eigenvalue weighted by atomic mass is 32.1. The van der Waals surface area contributed by atoms with Crippen LogP contribution in [0.2, 0.25) is 0 Å². The summed E-state index contributed by atoms with van der Waals surface area (Å²) in [7, 11) is 0. The number of nitrogens with one attached hydrogen (secondary N) is 3. The van der Waals surface area contributed by atoms with Crippen LogP contribution in [0.1, 0.15) is 16.5 Å². The Morgan fingerprint density at radius 2 is 2.10 bits per heavy atom. The molecule has 0 bridgehead atoms. The molecule has 4 heterocycles. The number of thiazole rings is 1. The lowest BCUT2D eigenvalue weighted by Crippen LogP contribution is -2.17. The number of imidazole rings is 1. The molecule has 0 amide bonds. The van der Waals surface area contributed by atoms with Gasteiger partial charge in [-0.05, 0) is 30.3 Å². The van der Waals surface area contributed by atoms with Gasteiger partial charge in [0.1, 0.15) is 33.8 Å². The maximum atomic E-state index is 13.8. The van der Waals surface area contributed by atoms with Crippen LogP contribution in [-0.2, 0) is 19.5 Å². The standard InChI is InChI=1S/C21H17FN8S/c22-13-4-3-8-24-16(13)10-25-20-19-21(27-12-26-20)31-18(30-19)7-9-23-11-17-28-14-5-1-2-6-15(14)29-17/h1,3-5,8,12,23H,7,9-11H2,(H,28,29)(H,25,26,27). The lowest BCUT2D eigenvalue weighted by molar-refractivity contribution is 0.602. The minimum atomic E-state index is -0.356. The molecule has 0 fully saturated rings. The topological polar surface area (TPSA) is 104 Å². The van der Waals surface area contributed by atoms with Crippen LogP contribution in [0.4, 0.5) is 10.2 Å². The van der Waals surface area contributed by atoms with E-state index in [0.717, 1.165) is 39.7 Å². The van der Waals surface area contributed by atoms with Gasteiger partial charge < -0.3 is 15.6 Å². The fourth-order valence-corrected chi connectivity index (χ4v) is 4.03. The highest BCUT2D eigenvalue weighted by Crippen LogP contribution is 2.25. The van der Waals surface area contributed by atoms with Crippen molar-refractivity contribution in [1.29, 1.82) is 0 Å². The molecule has 0 atom stereocenters. The molecule has 0 saturated heterocycles. The first-order valence-electron chi connectivity index (χ1n) is 9.67. The number of nitrogens with zero attached hydrogens (tertiary/aromatic N) is 5. The predicted octanol–water partition coefficient (Wildman–Crippen LogP) is 3.04. The number of fused-ring (bicyclic) bond motifs is 2. The van der Waals surface area contributed by atoms with E-state index in [1.165, 1.54) is 23.7 Å². The number of pyridine rings is 1. The van der Waals surface area contributed by atoms with Gasteiger partial charge in [0.15, 0.2) is 5.82 Å². The SMILES string of the molecule is Fc1cccnc1CNc1ncnc2sc(CCNCc3nc4c#cccc4[nH]3)nc12. The van der Waals surface area contributed by atoms with E-state index in [9.17, 15) is 4.39 Å². The summed E-state index contributed by atoms with van der Waals surface area (Å²) >= 11 is 1.52. The van der Waals surface area contributed by atoms with E-state index in [-0.39, 0.29) is 12.4 Å². The Morgan fingerprint density at radius 1 is 1.13 bits per heavy atom. The second-order valence-electron chi connectivity index (χ2n) is 6.74. The second kappa shape index (κ2) is 8.59. The van der Waals surface area contributed by atoms with Gasteiger partial charge in [-0.25, -0.2) is 24.3 Å². The number of aromatic amines is 1. The molecule has 5 rings (SSSR count). The summed E-state index contributed by atoms with van der Waals surface area (Å²) < 4.78 is 13.8. The van der Waals surface area contributed by atoms with Gasteiger partial charge in [0, 0.05) is 19.2 Å². The molecule has 10 heteroatoms. The van der Waals surface area contributed by atoms with Crippen molar-refractivity contribution >= 4 is 38.5 Å². The first kappa shape index (κ1) is 19.3. The normalized spacial score (nSPS) is 11.1. The minimum Gasteiger partial charge on any atom is -0.362 e. The van der Waals surface area contributed by atoms with Gasteiger partial charge in [-0.2, -0.15) is 0 Å². The zero-order valence-electron chi connectivity index (χ0n) is 16.3. The molecule has 0 spiro atoms. The molecule has 0 aliphatic rings.